The Hall–Kier alpha value is -1.53. The third kappa shape index (κ3) is 2.71. The van der Waals surface area contributed by atoms with E-state index in [1.165, 1.54) is 4.90 Å². The number of rotatable bonds is 3. The van der Waals surface area contributed by atoms with Gasteiger partial charge in [-0.3, -0.25) is 4.79 Å². The van der Waals surface area contributed by atoms with Gasteiger partial charge in [-0.25, -0.2) is 4.79 Å². The molecule has 1 aliphatic rings. The van der Waals surface area contributed by atoms with Crippen molar-refractivity contribution in [2.45, 2.75) is 18.6 Å². The summed E-state index contributed by atoms with van der Waals surface area (Å²) in [5.41, 5.74) is 0. The van der Waals surface area contributed by atoms with Crippen molar-refractivity contribution in [3.63, 3.8) is 0 Å². The molecule has 0 aliphatic carbocycles. The molecule has 1 saturated heterocycles. The third-order valence-electron chi connectivity index (χ3n) is 2.04. The molecule has 15 heavy (non-hydrogen) atoms. The van der Waals surface area contributed by atoms with Crippen molar-refractivity contribution in [2.24, 2.45) is 0 Å². The maximum Gasteiger partial charge on any atom is 0.454 e. The number of likely N-dealkylation sites (tertiary alicyclic amines) is 1. The molecule has 0 aromatic rings. The average molecular weight is 223 g/mol. The zero-order valence-corrected chi connectivity index (χ0v) is 7.49. The van der Waals surface area contributed by atoms with Crippen LogP contribution < -0.4 is 0 Å². The molecule has 0 amide bonds. The van der Waals surface area contributed by atoms with Crippen LogP contribution in [0.4, 0.5) is 13.2 Å². The standard InChI is InChI=1S/C8H8F3NO3/c9-8(10,11)6(13)2-4-12-3-1-5(12)7(14)15/h2,4-5H,1,3H2,(H,14,15)/b4-2+/t5-/m0/s1. The summed E-state index contributed by atoms with van der Waals surface area (Å²) in [6.07, 6.45) is -3.31. The number of nitrogens with zero attached hydrogens (tertiary/aromatic N) is 1. The van der Waals surface area contributed by atoms with Gasteiger partial charge in [-0.05, 0) is 6.42 Å². The number of allylic oxidation sites excluding steroid dienone is 1. The average Bonchev–Trinajstić information content (AvgIpc) is 1.98. The number of carboxylic acids is 1. The molecule has 0 aromatic carbocycles. The summed E-state index contributed by atoms with van der Waals surface area (Å²) in [6.45, 7) is 0.346. The van der Waals surface area contributed by atoms with Crippen molar-refractivity contribution in [2.75, 3.05) is 6.54 Å². The van der Waals surface area contributed by atoms with Crippen molar-refractivity contribution < 1.29 is 27.9 Å². The SMILES string of the molecule is O=C(O)[C@@H]1CCN1/C=C/C(=O)C(F)(F)F. The molecule has 1 aliphatic heterocycles. The molecule has 0 radical (unpaired) electrons. The maximum atomic E-state index is 11.7. The van der Waals surface area contributed by atoms with Gasteiger partial charge in [0.1, 0.15) is 6.04 Å². The minimum atomic E-state index is -4.90. The molecule has 84 valence electrons. The number of carbonyl (C=O) groups is 2. The van der Waals surface area contributed by atoms with Gasteiger partial charge < -0.3 is 10.0 Å². The smallest absolute Gasteiger partial charge is 0.454 e. The highest BCUT2D eigenvalue weighted by Crippen LogP contribution is 2.20. The number of hydrogen-bond acceptors (Lipinski definition) is 3. The van der Waals surface area contributed by atoms with Crippen LogP contribution in [-0.4, -0.2) is 40.5 Å². The number of hydrogen-bond donors (Lipinski definition) is 1. The largest absolute Gasteiger partial charge is 0.480 e. The van der Waals surface area contributed by atoms with Crippen LogP contribution in [0.3, 0.4) is 0 Å². The van der Waals surface area contributed by atoms with Gasteiger partial charge in [0, 0.05) is 18.8 Å². The second-order valence-electron chi connectivity index (χ2n) is 3.06. The molecule has 1 fully saturated rings. The predicted molar refractivity (Wildman–Crippen MR) is 42.9 cm³/mol. The molecule has 0 aromatic heterocycles. The second-order valence-corrected chi connectivity index (χ2v) is 3.06. The summed E-state index contributed by atoms with van der Waals surface area (Å²) in [5.74, 6) is -3.09. The van der Waals surface area contributed by atoms with Crippen molar-refractivity contribution in [3.8, 4) is 0 Å². The van der Waals surface area contributed by atoms with Crippen LogP contribution >= 0.6 is 0 Å². The molecule has 0 saturated carbocycles. The summed E-state index contributed by atoms with van der Waals surface area (Å²) in [4.78, 5) is 22.0. The number of carboxylic acid groups (broad SMARTS) is 1. The minimum absolute atomic E-state index is 0.342. The lowest BCUT2D eigenvalue weighted by Crippen LogP contribution is -2.49. The van der Waals surface area contributed by atoms with Gasteiger partial charge in [0.2, 0.25) is 0 Å². The molecule has 1 N–H and O–H groups in total. The maximum absolute atomic E-state index is 11.7. The Kier molecular flexibility index (Phi) is 3.01. The Labute approximate surface area is 83.0 Å². The van der Waals surface area contributed by atoms with Crippen molar-refractivity contribution >= 4 is 11.8 Å². The monoisotopic (exact) mass is 223 g/mol. The zero-order valence-electron chi connectivity index (χ0n) is 7.49. The van der Waals surface area contributed by atoms with Crippen LogP contribution in [0.2, 0.25) is 0 Å². The van der Waals surface area contributed by atoms with Gasteiger partial charge in [0.15, 0.2) is 0 Å². The van der Waals surface area contributed by atoms with Crippen LogP contribution in [0.5, 0.6) is 0 Å². The summed E-state index contributed by atoms with van der Waals surface area (Å²) < 4.78 is 35.2. The first-order chi connectivity index (χ1) is 6.82. The first-order valence-electron chi connectivity index (χ1n) is 4.10. The zero-order chi connectivity index (χ0) is 11.6. The highest BCUT2D eigenvalue weighted by molar-refractivity contribution is 5.94. The van der Waals surface area contributed by atoms with Crippen LogP contribution in [-0.2, 0) is 9.59 Å². The van der Waals surface area contributed by atoms with E-state index >= 15 is 0 Å². The van der Waals surface area contributed by atoms with E-state index in [9.17, 15) is 22.8 Å². The summed E-state index contributed by atoms with van der Waals surface area (Å²) >= 11 is 0. The fraction of sp³-hybridized carbons (Fsp3) is 0.500. The minimum Gasteiger partial charge on any atom is -0.480 e. The molecular weight excluding hydrogens is 215 g/mol. The van der Waals surface area contributed by atoms with Gasteiger partial charge in [0.25, 0.3) is 5.78 Å². The first kappa shape index (κ1) is 11.5. The lowest BCUT2D eigenvalue weighted by molar-refractivity contribution is -0.165. The van der Waals surface area contributed by atoms with Gasteiger partial charge in [-0.1, -0.05) is 0 Å². The normalized spacial score (nSPS) is 21.5. The molecule has 1 atom stereocenters. The first-order valence-corrected chi connectivity index (χ1v) is 4.10. The summed E-state index contributed by atoms with van der Waals surface area (Å²) in [7, 11) is 0. The van der Waals surface area contributed by atoms with E-state index in [1.807, 2.05) is 0 Å². The van der Waals surface area contributed by atoms with Crippen molar-refractivity contribution in [3.05, 3.63) is 12.3 Å². The van der Waals surface area contributed by atoms with Gasteiger partial charge >= 0.3 is 12.1 Å². The molecule has 0 bridgehead atoms. The highest BCUT2D eigenvalue weighted by atomic mass is 19.4. The lowest BCUT2D eigenvalue weighted by Gasteiger charge is -2.36. The Balaban J connectivity index is 2.53. The van der Waals surface area contributed by atoms with E-state index in [2.05, 4.69) is 0 Å². The van der Waals surface area contributed by atoms with Gasteiger partial charge in [0.05, 0.1) is 0 Å². The molecule has 1 rings (SSSR count). The molecular formula is C8H8F3NO3. The Morgan fingerprint density at radius 1 is 1.40 bits per heavy atom. The van der Waals surface area contributed by atoms with E-state index in [4.69, 9.17) is 5.11 Å². The van der Waals surface area contributed by atoms with Gasteiger partial charge in [-0.15, -0.1) is 0 Å². The predicted octanol–water partition coefficient (Wildman–Crippen LogP) is 0.790. The van der Waals surface area contributed by atoms with Crippen LogP contribution in [0, 0.1) is 0 Å². The lowest BCUT2D eigenvalue weighted by atomic mass is 10.0. The third-order valence-corrected chi connectivity index (χ3v) is 2.04. The van der Waals surface area contributed by atoms with Crippen molar-refractivity contribution in [1.29, 1.82) is 0 Å². The molecule has 0 spiro atoms. The molecule has 1 heterocycles. The van der Waals surface area contributed by atoms with Crippen molar-refractivity contribution in [1.82, 2.24) is 4.90 Å². The highest BCUT2D eigenvalue weighted by Gasteiger charge is 2.37. The summed E-state index contributed by atoms with van der Waals surface area (Å²) in [6, 6.07) is -0.817. The molecule has 7 heteroatoms. The Morgan fingerprint density at radius 2 is 2.00 bits per heavy atom. The molecule has 4 nitrogen and oxygen atoms in total. The Morgan fingerprint density at radius 3 is 2.33 bits per heavy atom. The quantitative estimate of drug-likeness (QED) is 0.718. The molecule has 0 unspecified atom stereocenters. The van der Waals surface area contributed by atoms with E-state index < -0.39 is 24.0 Å². The van der Waals surface area contributed by atoms with Crippen LogP contribution in [0.1, 0.15) is 6.42 Å². The van der Waals surface area contributed by atoms with Crippen LogP contribution in [0.25, 0.3) is 0 Å². The fourth-order valence-electron chi connectivity index (χ4n) is 1.11. The fourth-order valence-corrected chi connectivity index (χ4v) is 1.11. The van der Waals surface area contributed by atoms with Gasteiger partial charge in [-0.2, -0.15) is 13.2 Å². The number of halogens is 3. The second kappa shape index (κ2) is 3.92. The van der Waals surface area contributed by atoms with E-state index in [1.54, 1.807) is 0 Å². The number of carbonyl (C=O) groups excluding carboxylic acids is 1. The van der Waals surface area contributed by atoms with E-state index in [0.717, 1.165) is 6.20 Å². The Bertz CT molecular complexity index is 311. The van der Waals surface area contributed by atoms with E-state index in [-0.39, 0.29) is 0 Å². The number of aliphatic carboxylic acids is 1. The topological polar surface area (TPSA) is 57.6 Å². The van der Waals surface area contributed by atoms with Crippen LogP contribution in [0.15, 0.2) is 12.3 Å². The number of ketones is 1. The number of alkyl halides is 3. The van der Waals surface area contributed by atoms with E-state index in [0.29, 0.717) is 19.0 Å². The summed E-state index contributed by atoms with van der Waals surface area (Å²) in [5, 5.41) is 8.55.